The Balaban J connectivity index is 3.34. The largest absolute Gasteiger partial charge is 0.495 e. The van der Waals surface area contributed by atoms with Crippen LogP contribution in [-0.2, 0) is 0 Å². The monoisotopic (exact) mass is 238 g/mol. The molecule has 0 fully saturated rings. The van der Waals surface area contributed by atoms with Crippen molar-refractivity contribution in [3.63, 3.8) is 0 Å². The number of carboxylic acid groups (broad SMARTS) is 1. The van der Waals surface area contributed by atoms with E-state index in [0.29, 0.717) is 5.56 Å². The van der Waals surface area contributed by atoms with Crippen molar-refractivity contribution in [3.05, 3.63) is 29.3 Å². The van der Waals surface area contributed by atoms with Gasteiger partial charge in [-0.15, -0.1) is 5.10 Å². The van der Waals surface area contributed by atoms with Crippen LogP contribution in [0.3, 0.4) is 0 Å². The zero-order chi connectivity index (χ0) is 13.0. The Morgan fingerprint density at radius 2 is 2.06 bits per heavy atom. The second kappa shape index (κ2) is 5.17. The molecule has 0 aliphatic rings. The smallest absolute Gasteiger partial charge is 0.339 e. The fraction of sp³-hybridized carbons (Fsp3) is 0.200. The van der Waals surface area contributed by atoms with Gasteiger partial charge in [0.2, 0.25) is 0 Å². The highest BCUT2D eigenvalue weighted by Gasteiger charge is 2.16. The van der Waals surface area contributed by atoms with E-state index in [-0.39, 0.29) is 17.1 Å². The summed E-state index contributed by atoms with van der Waals surface area (Å²) in [6.07, 6.45) is 0. The van der Waals surface area contributed by atoms with Gasteiger partial charge < -0.3 is 15.6 Å². The van der Waals surface area contributed by atoms with E-state index in [0.717, 1.165) is 5.12 Å². The molecule has 0 heterocycles. The van der Waals surface area contributed by atoms with Crippen LogP contribution in [0.25, 0.3) is 0 Å². The Labute approximate surface area is 98.2 Å². The summed E-state index contributed by atoms with van der Waals surface area (Å²) in [6.45, 7) is 0. The molecule has 0 aromatic heterocycles. The Kier molecular flexibility index (Phi) is 3.89. The predicted octanol–water partition coefficient (Wildman–Crippen LogP) is -0.181. The van der Waals surface area contributed by atoms with Crippen LogP contribution in [-0.4, -0.2) is 36.2 Å². The lowest BCUT2D eigenvalue weighted by Crippen LogP contribution is -2.26. The molecule has 0 radical (unpaired) electrons. The number of rotatable bonds is 4. The normalized spacial score (nSPS) is 11.1. The SMILES string of the molecule is COc1c(C(=O)O)cccc1/C(N)=N/N(C)N. The van der Waals surface area contributed by atoms with Crippen LogP contribution in [0.2, 0.25) is 0 Å². The number of methoxy groups -OCH3 is 1. The molecule has 0 aliphatic carbocycles. The third kappa shape index (κ3) is 2.85. The lowest BCUT2D eigenvalue weighted by atomic mass is 10.1. The van der Waals surface area contributed by atoms with Crippen molar-refractivity contribution in [3.8, 4) is 5.75 Å². The number of aromatic carboxylic acids is 1. The van der Waals surface area contributed by atoms with E-state index >= 15 is 0 Å². The van der Waals surface area contributed by atoms with E-state index in [4.69, 9.17) is 21.4 Å². The van der Waals surface area contributed by atoms with Gasteiger partial charge in [0.1, 0.15) is 11.3 Å². The maximum absolute atomic E-state index is 11.0. The fourth-order valence-electron chi connectivity index (χ4n) is 1.35. The van der Waals surface area contributed by atoms with Gasteiger partial charge in [-0.2, -0.15) is 0 Å². The molecule has 0 saturated carbocycles. The number of benzene rings is 1. The molecule has 0 atom stereocenters. The molecule has 1 rings (SSSR count). The van der Waals surface area contributed by atoms with Gasteiger partial charge in [0.05, 0.1) is 12.7 Å². The van der Waals surface area contributed by atoms with Gasteiger partial charge in [-0.1, -0.05) is 6.07 Å². The molecule has 92 valence electrons. The van der Waals surface area contributed by atoms with E-state index in [2.05, 4.69) is 5.10 Å². The molecule has 0 amide bonds. The Bertz CT molecular complexity index is 457. The number of amidine groups is 1. The van der Waals surface area contributed by atoms with Gasteiger partial charge in [0, 0.05) is 7.05 Å². The summed E-state index contributed by atoms with van der Waals surface area (Å²) in [4.78, 5) is 11.0. The highest BCUT2D eigenvalue weighted by atomic mass is 16.5. The first kappa shape index (κ1) is 12.8. The average Bonchev–Trinajstić information content (AvgIpc) is 2.26. The van der Waals surface area contributed by atoms with Crippen molar-refractivity contribution < 1.29 is 14.6 Å². The summed E-state index contributed by atoms with van der Waals surface area (Å²) in [7, 11) is 2.87. The number of carbonyl (C=O) groups is 1. The summed E-state index contributed by atoms with van der Waals surface area (Å²) in [5.41, 5.74) is 6.09. The minimum absolute atomic E-state index is 0.0165. The van der Waals surface area contributed by atoms with Gasteiger partial charge in [0.25, 0.3) is 0 Å². The standard InChI is InChI=1S/C10H14N4O3/c1-14(12)13-9(11)6-4-3-5-7(10(15)16)8(6)17-2/h3-5H,12H2,1-2H3,(H2,11,13)(H,15,16). The molecule has 0 aliphatic heterocycles. The number of hydrazone groups is 1. The molecular formula is C10H14N4O3. The first-order valence-corrected chi connectivity index (χ1v) is 4.70. The van der Waals surface area contributed by atoms with Crippen molar-refractivity contribution in [1.29, 1.82) is 0 Å². The summed E-state index contributed by atoms with van der Waals surface area (Å²) >= 11 is 0. The maximum atomic E-state index is 11.0. The lowest BCUT2D eigenvalue weighted by molar-refractivity contribution is 0.0693. The number of nitrogens with zero attached hydrogens (tertiary/aromatic N) is 2. The van der Waals surface area contributed by atoms with Gasteiger partial charge >= 0.3 is 5.97 Å². The van der Waals surface area contributed by atoms with Crippen LogP contribution in [0.4, 0.5) is 0 Å². The van der Waals surface area contributed by atoms with Crippen molar-refractivity contribution in [2.75, 3.05) is 14.2 Å². The summed E-state index contributed by atoms with van der Waals surface area (Å²) in [5.74, 6) is 4.46. The molecule has 7 heteroatoms. The zero-order valence-corrected chi connectivity index (χ0v) is 9.54. The Hall–Kier alpha value is -2.28. The molecular weight excluding hydrogens is 224 g/mol. The molecule has 0 saturated heterocycles. The first-order chi connectivity index (χ1) is 7.97. The Morgan fingerprint density at radius 1 is 1.47 bits per heavy atom. The molecule has 0 spiro atoms. The zero-order valence-electron chi connectivity index (χ0n) is 9.54. The molecule has 7 nitrogen and oxygen atoms in total. The van der Waals surface area contributed by atoms with Crippen molar-refractivity contribution in [1.82, 2.24) is 5.12 Å². The Morgan fingerprint density at radius 3 is 2.53 bits per heavy atom. The molecule has 1 aromatic carbocycles. The van der Waals surface area contributed by atoms with Crippen LogP contribution in [0, 0.1) is 0 Å². The molecule has 5 N–H and O–H groups in total. The summed E-state index contributed by atoms with van der Waals surface area (Å²) in [6, 6.07) is 4.58. The van der Waals surface area contributed by atoms with Crippen LogP contribution in [0.5, 0.6) is 5.75 Å². The van der Waals surface area contributed by atoms with Crippen molar-refractivity contribution in [2.24, 2.45) is 16.7 Å². The van der Waals surface area contributed by atoms with Crippen LogP contribution >= 0.6 is 0 Å². The average molecular weight is 238 g/mol. The number of hydrogen-bond acceptors (Lipinski definition) is 5. The minimum atomic E-state index is -1.10. The summed E-state index contributed by atoms with van der Waals surface area (Å²) < 4.78 is 5.04. The van der Waals surface area contributed by atoms with Gasteiger partial charge in [-0.05, 0) is 12.1 Å². The molecule has 0 bridgehead atoms. The fourth-order valence-corrected chi connectivity index (χ4v) is 1.35. The number of para-hydroxylation sites is 1. The molecule has 1 aromatic rings. The van der Waals surface area contributed by atoms with Crippen LogP contribution < -0.4 is 16.3 Å². The molecule has 17 heavy (non-hydrogen) atoms. The quantitative estimate of drug-likeness (QED) is 0.290. The van der Waals surface area contributed by atoms with Crippen LogP contribution in [0.1, 0.15) is 15.9 Å². The van der Waals surface area contributed by atoms with Crippen LogP contribution in [0.15, 0.2) is 23.3 Å². The number of ether oxygens (including phenoxy) is 1. The highest BCUT2D eigenvalue weighted by molar-refractivity contribution is 6.03. The number of hydrazine groups is 1. The lowest BCUT2D eigenvalue weighted by Gasteiger charge is -2.12. The second-order valence-corrected chi connectivity index (χ2v) is 3.25. The second-order valence-electron chi connectivity index (χ2n) is 3.25. The predicted molar refractivity (Wildman–Crippen MR) is 62.6 cm³/mol. The van der Waals surface area contributed by atoms with E-state index in [1.165, 1.54) is 20.2 Å². The minimum Gasteiger partial charge on any atom is -0.495 e. The van der Waals surface area contributed by atoms with E-state index in [1.807, 2.05) is 0 Å². The number of carboxylic acids is 1. The maximum Gasteiger partial charge on any atom is 0.339 e. The highest BCUT2D eigenvalue weighted by Crippen LogP contribution is 2.23. The van der Waals surface area contributed by atoms with E-state index in [1.54, 1.807) is 12.1 Å². The first-order valence-electron chi connectivity index (χ1n) is 4.70. The van der Waals surface area contributed by atoms with Gasteiger partial charge in [-0.3, -0.25) is 0 Å². The van der Waals surface area contributed by atoms with Crippen molar-refractivity contribution in [2.45, 2.75) is 0 Å². The molecule has 0 unspecified atom stereocenters. The third-order valence-corrected chi connectivity index (χ3v) is 1.99. The summed E-state index contributed by atoms with van der Waals surface area (Å²) in [5, 5.41) is 13.8. The number of nitrogens with two attached hydrogens (primary N) is 2. The van der Waals surface area contributed by atoms with Gasteiger partial charge in [-0.25, -0.2) is 15.8 Å². The van der Waals surface area contributed by atoms with E-state index in [9.17, 15) is 4.79 Å². The van der Waals surface area contributed by atoms with Crippen molar-refractivity contribution >= 4 is 11.8 Å². The van der Waals surface area contributed by atoms with Gasteiger partial charge in [0.15, 0.2) is 5.84 Å². The van der Waals surface area contributed by atoms with E-state index < -0.39 is 5.97 Å². The number of hydrogen-bond donors (Lipinski definition) is 3. The third-order valence-electron chi connectivity index (χ3n) is 1.99. The topological polar surface area (TPSA) is 114 Å².